The summed E-state index contributed by atoms with van der Waals surface area (Å²) >= 11 is 0. The largest absolute Gasteiger partial charge is 0.490 e. The number of carbonyl (C=O) groups excluding carboxylic acids is 1. The van der Waals surface area contributed by atoms with Crippen LogP contribution in [0.3, 0.4) is 0 Å². The van der Waals surface area contributed by atoms with Gasteiger partial charge in [-0.2, -0.15) is 0 Å². The summed E-state index contributed by atoms with van der Waals surface area (Å²) in [4.78, 5) is 10.8. The third-order valence-corrected chi connectivity index (χ3v) is 2.70. The normalized spacial score (nSPS) is 15.7. The Kier molecular flexibility index (Phi) is 4.04. The van der Waals surface area contributed by atoms with E-state index < -0.39 is 6.10 Å². The van der Waals surface area contributed by atoms with Crippen molar-refractivity contribution in [2.75, 3.05) is 19.8 Å². The molecule has 5 nitrogen and oxygen atoms in total. The summed E-state index contributed by atoms with van der Waals surface area (Å²) in [7, 11) is 0. The Morgan fingerprint density at radius 1 is 1.39 bits per heavy atom. The van der Waals surface area contributed by atoms with Crippen molar-refractivity contribution in [1.82, 2.24) is 5.32 Å². The van der Waals surface area contributed by atoms with Crippen LogP contribution in [0.4, 0.5) is 0 Å². The van der Waals surface area contributed by atoms with Gasteiger partial charge in [-0.25, -0.2) is 0 Å². The molecule has 0 radical (unpaired) electrons. The summed E-state index contributed by atoms with van der Waals surface area (Å²) < 4.78 is 11.0. The van der Waals surface area contributed by atoms with E-state index in [1.165, 1.54) is 6.92 Å². The molecule has 18 heavy (non-hydrogen) atoms. The molecule has 1 aromatic carbocycles. The van der Waals surface area contributed by atoms with Gasteiger partial charge in [-0.1, -0.05) is 6.07 Å². The molecule has 5 heteroatoms. The van der Waals surface area contributed by atoms with E-state index in [1.807, 2.05) is 0 Å². The van der Waals surface area contributed by atoms with Crippen LogP contribution in [-0.4, -0.2) is 30.8 Å². The highest BCUT2D eigenvalue weighted by molar-refractivity contribution is 5.72. The highest BCUT2D eigenvalue weighted by Crippen LogP contribution is 2.32. The molecular weight excluding hydrogens is 234 g/mol. The fraction of sp³-hybridized carbons (Fsp3) is 0.462. The lowest BCUT2D eigenvalue weighted by Crippen LogP contribution is -2.25. The van der Waals surface area contributed by atoms with E-state index in [2.05, 4.69) is 5.32 Å². The number of aliphatic hydroxyl groups excluding tert-OH is 1. The summed E-state index contributed by atoms with van der Waals surface area (Å²) in [5.41, 5.74) is 0.702. The van der Waals surface area contributed by atoms with Gasteiger partial charge in [0, 0.05) is 19.9 Å². The molecule has 1 atom stereocenters. The monoisotopic (exact) mass is 251 g/mol. The van der Waals surface area contributed by atoms with Gasteiger partial charge in [-0.3, -0.25) is 4.79 Å². The molecule has 1 heterocycles. The van der Waals surface area contributed by atoms with E-state index in [9.17, 15) is 9.90 Å². The summed E-state index contributed by atoms with van der Waals surface area (Å²) in [6.07, 6.45) is 0.101. The maximum Gasteiger partial charge on any atom is 0.216 e. The number of fused-ring (bicyclic) bond motifs is 1. The SMILES string of the molecule is CC(=O)NCC(O)c1ccc2c(c1)OCCCO2. The van der Waals surface area contributed by atoms with Crippen molar-refractivity contribution < 1.29 is 19.4 Å². The first-order chi connectivity index (χ1) is 8.66. The van der Waals surface area contributed by atoms with Gasteiger partial charge in [0.15, 0.2) is 11.5 Å². The molecule has 1 amide bonds. The lowest BCUT2D eigenvalue weighted by atomic mass is 10.1. The van der Waals surface area contributed by atoms with Crippen LogP contribution in [0.1, 0.15) is 25.0 Å². The second-order valence-corrected chi connectivity index (χ2v) is 4.21. The highest BCUT2D eigenvalue weighted by Gasteiger charge is 2.14. The van der Waals surface area contributed by atoms with E-state index in [1.54, 1.807) is 18.2 Å². The Morgan fingerprint density at radius 3 is 2.83 bits per heavy atom. The first-order valence-corrected chi connectivity index (χ1v) is 5.99. The number of nitrogens with one attached hydrogen (secondary N) is 1. The minimum Gasteiger partial charge on any atom is -0.490 e. The van der Waals surface area contributed by atoms with Gasteiger partial charge < -0.3 is 19.9 Å². The lowest BCUT2D eigenvalue weighted by molar-refractivity contribution is -0.119. The minimum absolute atomic E-state index is 0.164. The molecule has 0 saturated carbocycles. The van der Waals surface area contributed by atoms with Crippen molar-refractivity contribution >= 4 is 5.91 Å². The predicted octanol–water partition coefficient (Wildman–Crippen LogP) is 1.02. The lowest BCUT2D eigenvalue weighted by Gasteiger charge is -2.14. The average molecular weight is 251 g/mol. The van der Waals surface area contributed by atoms with Crippen molar-refractivity contribution in [3.05, 3.63) is 23.8 Å². The highest BCUT2D eigenvalue weighted by atomic mass is 16.5. The molecule has 0 fully saturated rings. The van der Waals surface area contributed by atoms with Crippen molar-refractivity contribution in [1.29, 1.82) is 0 Å². The predicted molar refractivity (Wildman–Crippen MR) is 65.7 cm³/mol. The molecule has 0 bridgehead atoms. The Labute approximate surface area is 106 Å². The number of benzene rings is 1. The molecule has 0 aliphatic carbocycles. The summed E-state index contributed by atoms with van der Waals surface area (Å²) in [6.45, 7) is 2.86. The van der Waals surface area contributed by atoms with Crippen LogP contribution in [0.2, 0.25) is 0 Å². The zero-order valence-corrected chi connectivity index (χ0v) is 10.3. The van der Waals surface area contributed by atoms with Crippen LogP contribution in [0, 0.1) is 0 Å². The Morgan fingerprint density at radius 2 is 2.11 bits per heavy atom. The minimum atomic E-state index is -0.744. The standard InChI is InChI=1S/C13H17NO4/c1-9(15)14-8-11(16)10-3-4-12-13(7-10)18-6-2-5-17-12/h3-4,7,11,16H,2,5-6,8H2,1H3,(H,14,15). The van der Waals surface area contributed by atoms with E-state index in [-0.39, 0.29) is 12.5 Å². The van der Waals surface area contributed by atoms with Crippen molar-refractivity contribution in [3.8, 4) is 11.5 Å². The average Bonchev–Trinajstić information content (AvgIpc) is 2.60. The molecule has 2 rings (SSSR count). The molecule has 1 unspecified atom stereocenters. The van der Waals surface area contributed by atoms with Gasteiger partial charge in [-0.05, 0) is 17.7 Å². The first kappa shape index (κ1) is 12.7. The fourth-order valence-electron chi connectivity index (χ4n) is 1.75. The van der Waals surface area contributed by atoms with Crippen molar-refractivity contribution in [2.24, 2.45) is 0 Å². The molecule has 98 valence electrons. The van der Waals surface area contributed by atoms with Gasteiger partial charge in [-0.15, -0.1) is 0 Å². The number of ether oxygens (including phenoxy) is 2. The quantitative estimate of drug-likeness (QED) is 0.841. The van der Waals surface area contributed by atoms with E-state index in [0.717, 1.165) is 6.42 Å². The summed E-state index contributed by atoms with van der Waals surface area (Å²) in [6, 6.07) is 5.32. The third-order valence-electron chi connectivity index (χ3n) is 2.70. The number of amides is 1. The molecule has 0 aromatic heterocycles. The van der Waals surface area contributed by atoms with Crippen LogP contribution >= 0.6 is 0 Å². The van der Waals surface area contributed by atoms with Crippen LogP contribution in [0.25, 0.3) is 0 Å². The second kappa shape index (κ2) is 5.73. The number of carbonyl (C=O) groups is 1. The van der Waals surface area contributed by atoms with Crippen LogP contribution in [0.5, 0.6) is 11.5 Å². The zero-order valence-electron chi connectivity index (χ0n) is 10.3. The van der Waals surface area contributed by atoms with E-state index >= 15 is 0 Å². The van der Waals surface area contributed by atoms with Gasteiger partial charge in [0.25, 0.3) is 0 Å². The fourth-order valence-corrected chi connectivity index (χ4v) is 1.75. The molecule has 0 spiro atoms. The number of rotatable bonds is 3. The molecule has 1 aliphatic rings. The summed E-state index contributed by atoms with van der Waals surface area (Å²) in [5.74, 6) is 1.18. The molecular formula is C13H17NO4. The van der Waals surface area contributed by atoms with Crippen LogP contribution in [-0.2, 0) is 4.79 Å². The molecule has 1 aliphatic heterocycles. The maximum absolute atomic E-state index is 10.8. The second-order valence-electron chi connectivity index (χ2n) is 4.21. The van der Waals surface area contributed by atoms with Gasteiger partial charge in [0.1, 0.15) is 0 Å². The van der Waals surface area contributed by atoms with E-state index in [4.69, 9.17) is 9.47 Å². The van der Waals surface area contributed by atoms with Crippen LogP contribution < -0.4 is 14.8 Å². The Bertz CT molecular complexity index is 433. The topological polar surface area (TPSA) is 67.8 Å². The van der Waals surface area contributed by atoms with E-state index in [0.29, 0.717) is 30.3 Å². The number of hydrogen-bond donors (Lipinski definition) is 2. The Hall–Kier alpha value is -1.75. The smallest absolute Gasteiger partial charge is 0.216 e. The van der Waals surface area contributed by atoms with Gasteiger partial charge in [0.2, 0.25) is 5.91 Å². The van der Waals surface area contributed by atoms with Crippen molar-refractivity contribution in [3.63, 3.8) is 0 Å². The molecule has 0 saturated heterocycles. The zero-order chi connectivity index (χ0) is 13.0. The van der Waals surface area contributed by atoms with Gasteiger partial charge >= 0.3 is 0 Å². The molecule has 1 aromatic rings. The number of aliphatic hydroxyl groups is 1. The van der Waals surface area contributed by atoms with Crippen LogP contribution in [0.15, 0.2) is 18.2 Å². The van der Waals surface area contributed by atoms with Gasteiger partial charge in [0.05, 0.1) is 19.3 Å². The Balaban J connectivity index is 2.09. The first-order valence-electron chi connectivity index (χ1n) is 5.99. The van der Waals surface area contributed by atoms with Crippen molar-refractivity contribution in [2.45, 2.75) is 19.4 Å². The number of hydrogen-bond acceptors (Lipinski definition) is 4. The maximum atomic E-state index is 10.8. The molecule has 2 N–H and O–H groups in total. The third kappa shape index (κ3) is 3.13. The summed E-state index contributed by atoms with van der Waals surface area (Å²) in [5, 5.41) is 12.5.